The van der Waals surface area contributed by atoms with E-state index in [1.54, 1.807) is 36.2 Å². The zero-order valence-electron chi connectivity index (χ0n) is 18.3. The first-order chi connectivity index (χ1) is 14.7. The molecule has 0 radical (unpaired) electrons. The van der Waals surface area contributed by atoms with Gasteiger partial charge in [-0.3, -0.25) is 4.90 Å². The summed E-state index contributed by atoms with van der Waals surface area (Å²) in [6.45, 7) is 5.64. The highest BCUT2D eigenvalue weighted by atomic mass is 19.4. The lowest BCUT2D eigenvalue weighted by atomic mass is 10.0. The van der Waals surface area contributed by atoms with Gasteiger partial charge in [0.05, 0.1) is 11.1 Å². The number of alkyl halides is 6. The first-order valence-electron chi connectivity index (χ1n) is 9.96. The van der Waals surface area contributed by atoms with Gasteiger partial charge in [-0.2, -0.15) is 26.3 Å². The Hall–Kier alpha value is -2.68. The summed E-state index contributed by atoms with van der Waals surface area (Å²) in [4.78, 5) is 1.62. The van der Waals surface area contributed by atoms with Crippen LogP contribution in [0.15, 0.2) is 54.2 Å². The number of allylic oxidation sites excluding steroid dienone is 2. The molecule has 32 heavy (non-hydrogen) atoms. The minimum atomic E-state index is -4.90. The molecule has 0 spiro atoms. The van der Waals surface area contributed by atoms with Gasteiger partial charge in [-0.1, -0.05) is 38.1 Å². The van der Waals surface area contributed by atoms with Crippen LogP contribution in [0.2, 0.25) is 0 Å². The van der Waals surface area contributed by atoms with Gasteiger partial charge in [0.1, 0.15) is 6.17 Å². The van der Waals surface area contributed by atoms with Crippen molar-refractivity contribution in [3.63, 3.8) is 0 Å². The number of para-hydroxylation sites is 1. The SMILES string of the molecule is C/C(=C\C(C)C)NC(c1ccccc1N)N(C)Cc1cc(C(F)(F)F)cc(C(F)(F)F)c1. The molecule has 0 saturated heterocycles. The van der Waals surface area contributed by atoms with Gasteiger partial charge >= 0.3 is 12.4 Å². The highest BCUT2D eigenvalue weighted by Crippen LogP contribution is 2.37. The number of hydrogen-bond acceptors (Lipinski definition) is 3. The lowest BCUT2D eigenvalue weighted by Gasteiger charge is -2.32. The van der Waals surface area contributed by atoms with E-state index in [1.807, 2.05) is 26.8 Å². The molecule has 0 fully saturated rings. The summed E-state index contributed by atoms with van der Waals surface area (Å²) < 4.78 is 79.4. The van der Waals surface area contributed by atoms with Gasteiger partial charge in [-0.15, -0.1) is 0 Å². The molecule has 0 bridgehead atoms. The highest BCUT2D eigenvalue weighted by Gasteiger charge is 2.37. The van der Waals surface area contributed by atoms with Crippen molar-refractivity contribution in [1.82, 2.24) is 10.2 Å². The molecular formula is C23H27F6N3. The van der Waals surface area contributed by atoms with E-state index in [9.17, 15) is 26.3 Å². The fourth-order valence-electron chi connectivity index (χ4n) is 3.44. The normalized spacial score (nSPS) is 14.2. The fraction of sp³-hybridized carbons (Fsp3) is 0.391. The van der Waals surface area contributed by atoms with Crippen LogP contribution in [0.4, 0.5) is 32.0 Å². The van der Waals surface area contributed by atoms with Crippen LogP contribution in [0.5, 0.6) is 0 Å². The summed E-state index contributed by atoms with van der Waals surface area (Å²) in [6, 6.07) is 8.58. The van der Waals surface area contributed by atoms with Crippen molar-refractivity contribution in [3.05, 3.63) is 76.5 Å². The third kappa shape index (κ3) is 6.91. The number of nitrogens with two attached hydrogens (primary N) is 1. The van der Waals surface area contributed by atoms with Gasteiger partial charge in [0, 0.05) is 23.5 Å². The van der Waals surface area contributed by atoms with E-state index in [4.69, 9.17) is 5.73 Å². The number of halogens is 6. The second-order valence-corrected chi connectivity index (χ2v) is 8.10. The summed E-state index contributed by atoms with van der Waals surface area (Å²) in [5.74, 6) is 0.236. The Bertz CT molecular complexity index is 915. The second kappa shape index (κ2) is 9.85. The molecule has 0 aromatic heterocycles. The number of benzene rings is 2. The molecule has 3 N–H and O–H groups in total. The average Bonchev–Trinajstić information content (AvgIpc) is 2.64. The van der Waals surface area contributed by atoms with Gasteiger partial charge in [-0.25, -0.2) is 0 Å². The Morgan fingerprint density at radius 1 is 1.00 bits per heavy atom. The molecule has 2 aromatic carbocycles. The van der Waals surface area contributed by atoms with Crippen molar-refractivity contribution in [2.75, 3.05) is 12.8 Å². The molecule has 1 atom stereocenters. The Morgan fingerprint density at radius 3 is 2.00 bits per heavy atom. The summed E-state index contributed by atoms with van der Waals surface area (Å²) in [5, 5.41) is 3.28. The maximum Gasteiger partial charge on any atom is 0.416 e. The van der Waals surface area contributed by atoms with Crippen molar-refractivity contribution >= 4 is 5.69 Å². The maximum absolute atomic E-state index is 13.2. The van der Waals surface area contributed by atoms with E-state index < -0.39 is 29.6 Å². The molecule has 0 aliphatic heterocycles. The van der Waals surface area contributed by atoms with Crippen LogP contribution >= 0.6 is 0 Å². The number of hydrogen-bond donors (Lipinski definition) is 2. The number of nitrogens with zero attached hydrogens (tertiary/aromatic N) is 1. The van der Waals surface area contributed by atoms with Crippen LogP contribution in [0.3, 0.4) is 0 Å². The van der Waals surface area contributed by atoms with Crippen LogP contribution in [0, 0.1) is 5.92 Å². The van der Waals surface area contributed by atoms with Crippen LogP contribution in [-0.2, 0) is 18.9 Å². The van der Waals surface area contributed by atoms with Gasteiger partial charge < -0.3 is 11.1 Å². The molecular weight excluding hydrogens is 432 g/mol. The van der Waals surface area contributed by atoms with Crippen molar-refractivity contribution in [2.45, 2.75) is 45.8 Å². The minimum absolute atomic E-state index is 0.110. The molecule has 0 aliphatic rings. The van der Waals surface area contributed by atoms with Crippen molar-refractivity contribution < 1.29 is 26.3 Å². The predicted octanol–water partition coefficient (Wildman–Crippen LogP) is 6.59. The Morgan fingerprint density at radius 2 is 1.53 bits per heavy atom. The van der Waals surface area contributed by atoms with Crippen LogP contribution in [-0.4, -0.2) is 11.9 Å². The van der Waals surface area contributed by atoms with Crippen molar-refractivity contribution in [1.29, 1.82) is 0 Å². The quantitative estimate of drug-likeness (QED) is 0.279. The standard InChI is InChI=1S/C23H27F6N3/c1-14(2)9-15(3)31-21(19-7-5-6-8-20(19)30)32(4)13-16-10-17(22(24,25)26)12-18(11-16)23(27,28)29/h5-12,14,21,31H,13,30H2,1-4H3/b15-9+. The Labute approximate surface area is 183 Å². The maximum atomic E-state index is 13.2. The predicted molar refractivity (Wildman–Crippen MR) is 113 cm³/mol. The monoisotopic (exact) mass is 459 g/mol. The number of nitrogen functional groups attached to an aromatic ring is 1. The van der Waals surface area contributed by atoms with E-state index in [0.717, 1.165) is 17.8 Å². The van der Waals surface area contributed by atoms with Gasteiger partial charge in [-0.05, 0) is 49.7 Å². The topological polar surface area (TPSA) is 41.3 Å². The molecule has 0 aliphatic carbocycles. The number of anilines is 1. The molecule has 0 saturated carbocycles. The molecule has 1 unspecified atom stereocenters. The largest absolute Gasteiger partial charge is 0.416 e. The van der Waals surface area contributed by atoms with E-state index in [0.29, 0.717) is 11.3 Å². The van der Waals surface area contributed by atoms with E-state index >= 15 is 0 Å². The van der Waals surface area contributed by atoms with Gasteiger partial charge in [0.25, 0.3) is 0 Å². The zero-order valence-corrected chi connectivity index (χ0v) is 18.3. The number of rotatable bonds is 7. The fourth-order valence-corrected chi connectivity index (χ4v) is 3.44. The van der Waals surface area contributed by atoms with E-state index in [1.165, 1.54) is 0 Å². The third-order valence-corrected chi connectivity index (χ3v) is 4.76. The third-order valence-electron chi connectivity index (χ3n) is 4.76. The van der Waals surface area contributed by atoms with Gasteiger partial charge in [0.2, 0.25) is 0 Å². The minimum Gasteiger partial charge on any atom is -0.398 e. The Balaban J connectivity index is 2.46. The highest BCUT2D eigenvalue weighted by molar-refractivity contribution is 5.48. The molecule has 2 aromatic rings. The van der Waals surface area contributed by atoms with E-state index in [-0.39, 0.29) is 24.1 Å². The molecule has 0 heterocycles. The van der Waals surface area contributed by atoms with Crippen LogP contribution in [0.1, 0.15) is 49.2 Å². The van der Waals surface area contributed by atoms with Gasteiger partial charge in [0.15, 0.2) is 0 Å². The summed E-state index contributed by atoms with van der Waals surface area (Å²) in [5.41, 5.74) is 5.24. The summed E-state index contributed by atoms with van der Waals surface area (Å²) in [6.07, 6.45) is -8.40. The first kappa shape index (κ1) is 25.6. The zero-order chi connectivity index (χ0) is 24.3. The first-order valence-corrected chi connectivity index (χ1v) is 9.96. The van der Waals surface area contributed by atoms with E-state index in [2.05, 4.69) is 5.32 Å². The second-order valence-electron chi connectivity index (χ2n) is 8.10. The van der Waals surface area contributed by atoms with Crippen molar-refractivity contribution in [3.8, 4) is 0 Å². The smallest absolute Gasteiger partial charge is 0.398 e. The molecule has 9 heteroatoms. The lowest BCUT2D eigenvalue weighted by molar-refractivity contribution is -0.143. The summed E-state index contributed by atoms with van der Waals surface area (Å²) in [7, 11) is 1.61. The molecule has 2 rings (SSSR count). The number of nitrogens with one attached hydrogen (secondary N) is 1. The molecule has 3 nitrogen and oxygen atoms in total. The molecule has 176 valence electrons. The average molecular weight is 459 g/mol. The molecule has 0 amide bonds. The summed E-state index contributed by atoms with van der Waals surface area (Å²) >= 11 is 0. The Kier molecular flexibility index (Phi) is 7.88. The van der Waals surface area contributed by atoms with Crippen LogP contribution in [0.25, 0.3) is 0 Å². The van der Waals surface area contributed by atoms with Crippen molar-refractivity contribution in [2.24, 2.45) is 5.92 Å². The van der Waals surface area contributed by atoms with Crippen LogP contribution < -0.4 is 11.1 Å². The lowest BCUT2D eigenvalue weighted by Crippen LogP contribution is -2.35.